The fraction of sp³-hybridized carbons (Fsp3) is 0.240. The fourth-order valence-corrected chi connectivity index (χ4v) is 5.03. The van der Waals surface area contributed by atoms with Crippen molar-refractivity contribution in [3.63, 3.8) is 0 Å². The van der Waals surface area contributed by atoms with Crippen LogP contribution in [0, 0.1) is 0 Å². The standard InChI is InChI=1S/C25H24BrN3O3S/c1-5-32-24(31)21-15(2)29-23(30)20(14-16-6-12-19(13-7-16)28(3)4)33-25(29)27-22(21)17-8-10-18(26)11-9-17/h6-14,22H,5H2,1-4H3/b20-14-/t22-/m1/s1. The SMILES string of the molecule is CCOC(=O)C1=C(C)n2c(s/c(=C\c3ccc(N(C)C)cc3)c2=O)=N[C@@H]1c1ccc(Br)cc1. The van der Waals surface area contributed by atoms with Gasteiger partial charge in [-0.2, -0.15) is 0 Å². The predicted molar refractivity (Wildman–Crippen MR) is 136 cm³/mol. The number of rotatable bonds is 5. The predicted octanol–water partition coefficient (Wildman–Crippen LogP) is 3.74. The molecule has 1 aliphatic rings. The van der Waals surface area contributed by atoms with E-state index in [0.717, 1.165) is 21.3 Å². The molecule has 2 aromatic carbocycles. The number of carbonyl (C=O) groups excluding carboxylic acids is 1. The van der Waals surface area contributed by atoms with Gasteiger partial charge in [-0.3, -0.25) is 9.36 Å². The van der Waals surface area contributed by atoms with Gasteiger partial charge in [-0.25, -0.2) is 9.79 Å². The summed E-state index contributed by atoms with van der Waals surface area (Å²) in [6.45, 7) is 3.79. The van der Waals surface area contributed by atoms with Gasteiger partial charge in [0, 0.05) is 30.0 Å². The van der Waals surface area contributed by atoms with E-state index >= 15 is 0 Å². The Balaban J connectivity index is 1.89. The Kier molecular flexibility index (Phi) is 6.67. The summed E-state index contributed by atoms with van der Waals surface area (Å²) in [5.74, 6) is -0.458. The fourth-order valence-electron chi connectivity index (χ4n) is 3.72. The minimum Gasteiger partial charge on any atom is -0.463 e. The van der Waals surface area contributed by atoms with Crippen molar-refractivity contribution in [1.82, 2.24) is 4.57 Å². The zero-order valence-corrected chi connectivity index (χ0v) is 21.2. The van der Waals surface area contributed by atoms with Gasteiger partial charge in [-0.15, -0.1) is 0 Å². The molecule has 4 rings (SSSR count). The highest BCUT2D eigenvalue weighted by atomic mass is 79.9. The van der Waals surface area contributed by atoms with Crippen LogP contribution in [0.3, 0.4) is 0 Å². The Morgan fingerprint density at radius 1 is 1.18 bits per heavy atom. The smallest absolute Gasteiger partial charge is 0.338 e. The van der Waals surface area contributed by atoms with E-state index in [-0.39, 0.29) is 12.2 Å². The Hall–Kier alpha value is -2.97. The molecule has 0 bridgehead atoms. The number of halogens is 1. The van der Waals surface area contributed by atoms with Crippen LogP contribution in [0.5, 0.6) is 0 Å². The lowest BCUT2D eigenvalue weighted by atomic mass is 9.97. The van der Waals surface area contributed by atoms with Crippen molar-refractivity contribution < 1.29 is 9.53 Å². The average molecular weight is 526 g/mol. The summed E-state index contributed by atoms with van der Waals surface area (Å²) in [6.07, 6.45) is 1.86. The van der Waals surface area contributed by atoms with Crippen LogP contribution in [-0.4, -0.2) is 31.2 Å². The van der Waals surface area contributed by atoms with Gasteiger partial charge in [-0.1, -0.05) is 51.5 Å². The number of esters is 1. The normalized spacial score (nSPS) is 15.8. The van der Waals surface area contributed by atoms with E-state index in [1.807, 2.05) is 73.6 Å². The molecule has 0 saturated carbocycles. The van der Waals surface area contributed by atoms with Gasteiger partial charge < -0.3 is 9.64 Å². The Bertz CT molecular complexity index is 1400. The van der Waals surface area contributed by atoms with Crippen molar-refractivity contribution in [3.8, 4) is 0 Å². The van der Waals surface area contributed by atoms with Gasteiger partial charge in [0.1, 0.15) is 6.04 Å². The molecule has 33 heavy (non-hydrogen) atoms. The summed E-state index contributed by atoms with van der Waals surface area (Å²) in [6, 6.07) is 15.1. The average Bonchev–Trinajstić information content (AvgIpc) is 3.10. The molecule has 2 heterocycles. The van der Waals surface area contributed by atoms with Crippen molar-refractivity contribution in [1.29, 1.82) is 0 Å². The van der Waals surface area contributed by atoms with E-state index in [1.54, 1.807) is 13.8 Å². The van der Waals surface area contributed by atoms with Crippen molar-refractivity contribution in [2.24, 2.45) is 4.99 Å². The number of benzene rings is 2. The lowest BCUT2D eigenvalue weighted by Crippen LogP contribution is -2.35. The first kappa shape index (κ1) is 23.2. The number of anilines is 1. The van der Waals surface area contributed by atoms with Gasteiger partial charge in [0.15, 0.2) is 4.80 Å². The van der Waals surface area contributed by atoms with E-state index in [1.165, 1.54) is 15.9 Å². The largest absolute Gasteiger partial charge is 0.463 e. The Morgan fingerprint density at radius 2 is 1.85 bits per heavy atom. The molecule has 1 atom stereocenters. The third-order valence-corrected chi connectivity index (χ3v) is 6.94. The summed E-state index contributed by atoms with van der Waals surface area (Å²) in [4.78, 5) is 33.6. The van der Waals surface area contributed by atoms with Gasteiger partial charge in [0.25, 0.3) is 5.56 Å². The zero-order chi connectivity index (χ0) is 23.7. The van der Waals surface area contributed by atoms with E-state index in [9.17, 15) is 9.59 Å². The molecule has 0 unspecified atom stereocenters. The van der Waals surface area contributed by atoms with Crippen LogP contribution in [0.2, 0.25) is 0 Å². The summed E-state index contributed by atoms with van der Waals surface area (Å²) >= 11 is 4.77. The first-order valence-electron chi connectivity index (χ1n) is 10.5. The number of nitrogens with zero attached hydrogens (tertiary/aromatic N) is 3. The second kappa shape index (κ2) is 9.49. The first-order valence-corrected chi connectivity index (χ1v) is 12.1. The van der Waals surface area contributed by atoms with Crippen LogP contribution < -0.4 is 19.8 Å². The highest BCUT2D eigenvalue weighted by Gasteiger charge is 2.31. The lowest BCUT2D eigenvalue weighted by molar-refractivity contribution is -0.138. The molecule has 0 spiro atoms. The Morgan fingerprint density at radius 3 is 2.45 bits per heavy atom. The first-order chi connectivity index (χ1) is 15.8. The molecule has 1 aliphatic heterocycles. The van der Waals surface area contributed by atoms with Crippen molar-refractivity contribution in [3.05, 3.63) is 89.4 Å². The summed E-state index contributed by atoms with van der Waals surface area (Å²) in [5.41, 5.74) is 3.61. The van der Waals surface area contributed by atoms with Crippen LogP contribution in [0.25, 0.3) is 11.8 Å². The van der Waals surface area contributed by atoms with Gasteiger partial charge >= 0.3 is 5.97 Å². The van der Waals surface area contributed by atoms with E-state index in [0.29, 0.717) is 20.6 Å². The molecule has 0 aliphatic carbocycles. The molecular formula is C25H24BrN3O3S. The second-order valence-electron chi connectivity index (χ2n) is 7.82. The Labute approximate surface area is 204 Å². The quantitative estimate of drug-likeness (QED) is 0.476. The number of aromatic nitrogens is 1. The van der Waals surface area contributed by atoms with Crippen molar-refractivity contribution in [2.75, 3.05) is 25.6 Å². The van der Waals surface area contributed by atoms with Gasteiger partial charge in [-0.05, 0) is 55.3 Å². The number of allylic oxidation sites excluding steroid dienone is 1. The van der Waals surface area contributed by atoms with E-state index in [2.05, 4.69) is 15.9 Å². The third kappa shape index (κ3) is 4.58. The van der Waals surface area contributed by atoms with Crippen LogP contribution >= 0.6 is 27.3 Å². The van der Waals surface area contributed by atoms with Crippen LogP contribution in [0.1, 0.15) is 31.0 Å². The lowest BCUT2D eigenvalue weighted by Gasteiger charge is -2.22. The summed E-state index contributed by atoms with van der Waals surface area (Å²) in [7, 11) is 3.97. The molecular weight excluding hydrogens is 502 g/mol. The second-order valence-corrected chi connectivity index (χ2v) is 9.75. The van der Waals surface area contributed by atoms with Crippen LogP contribution in [0.4, 0.5) is 5.69 Å². The highest BCUT2D eigenvalue weighted by Crippen LogP contribution is 2.32. The molecule has 170 valence electrons. The third-order valence-electron chi connectivity index (χ3n) is 5.43. The zero-order valence-electron chi connectivity index (χ0n) is 18.8. The van der Waals surface area contributed by atoms with E-state index in [4.69, 9.17) is 9.73 Å². The number of thiazole rings is 1. The maximum atomic E-state index is 13.3. The number of carbonyl (C=O) groups is 1. The summed E-state index contributed by atoms with van der Waals surface area (Å²) in [5, 5.41) is 0. The monoisotopic (exact) mass is 525 g/mol. The van der Waals surface area contributed by atoms with E-state index < -0.39 is 12.0 Å². The number of hydrogen-bond donors (Lipinski definition) is 0. The molecule has 3 aromatic rings. The van der Waals surface area contributed by atoms with Gasteiger partial charge in [0.2, 0.25) is 0 Å². The topological polar surface area (TPSA) is 63.9 Å². The summed E-state index contributed by atoms with van der Waals surface area (Å²) < 4.78 is 8.34. The molecule has 0 saturated heterocycles. The van der Waals surface area contributed by atoms with Crippen molar-refractivity contribution >= 4 is 50.7 Å². The molecule has 0 radical (unpaired) electrons. The minimum atomic E-state index is -0.539. The van der Waals surface area contributed by atoms with Crippen LogP contribution in [0.15, 0.2) is 68.4 Å². The molecule has 0 fully saturated rings. The molecule has 0 N–H and O–H groups in total. The maximum Gasteiger partial charge on any atom is 0.338 e. The highest BCUT2D eigenvalue weighted by molar-refractivity contribution is 9.10. The van der Waals surface area contributed by atoms with Gasteiger partial charge in [0.05, 0.1) is 16.7 Å². The molecule has 0 amide bonds. The number of hydrogen-bond acceptors (Lipinski definition) is 6. The molecule has 6 nitrogen and oxygen atoms in total. The molecule has 8 heteroatoms. The molecule has 1 aromatic heterocycles. The number of fused-ring (bicyclic) bond motifs is 1. The van der Waals surface area contributed by atoms with Crippen molar-refractivity contribution in [2.45, 2.75) is 19.9 Å². The van der Waals surface area contributed by atoms with Crippen LogP contribution in [-0.2, 0) is 9.53 Å². The maximum absolute atomic E-state index is 13.3. The number of ether oxygens (including phenoxy) is 1. The minimum absolute atomic E-state index is 0.191.